The maximum Gasteiger partial charge on any atom is 0.330 e. The van der Waals surface area contributed by atoms with Gasteiger partial charge in [0.05, 0.1) is 34.2 Å². The number of nitrogens with zero attached hydrogens (tertiary/aromatic N) is 4. The smallest absolute Gasteiger partial charge is 0.324 e. The van der Waals surface area contributed by atoms with Gasteiger partial charge in [0.15, 0.2) is 0 Å². The number of rotatable bonds is 5. The fourth-order valence-electron chi connectivity index (χ4n) is 2.84. The predicted molar refractivity (Wildman–Crippen MR) is 107 cm³/mol. The topological polar surface area (TPSA) is 123 Å². The average molecular weight is 417 g/mol. The van der Waals surface area contributed by atoms with Crippen LogP contribution in [0.25, 0.3) is 10.9 Å². The minimum absolute atomic E-state index is 0.0869. The Morgan fingerprint density at radius 2 is 1.90 bits per heavy atom. The van der Waals surface area contributed by atoms with Crippen LogP contribution in [0.5, 0.6) is 0 Å². The van der Waals surface area contributed by atoms with Crippen molar-refractivity contribution in [2.45, 2.75) is 4.90 Å². The summed E-state index contributed by atoms with van der Waals surface area (Å²) in [5, 5.41) is 2.64. The van der Waals surface area contributed by atoms with Crippen molar-refractivity contribution in [3.63, 3.8) is 0 Å². The third-order valence-corrected chi connectivity index (χ3v) is 6.26. The van der Waals surface area contributed by atoms with Crippen molar-refractivity contribution in [2.75, 3.05) is 18.9 Å². The largest absolute Gasteiger partial charge is 0.330 e. The second-order valence-corrected chi connectivity index (χ2v) is 8.48. The molecule has 0 radical (unpaired) electrons. The molecule has 152 valence electrons. The molecule has 1 amide bonds. The van der Waals surface area contributed by atoms with E-state index in [4.69, 9.17) is 0 Å². The lowest BCUT2D eigenvalue weighted by molar-refractivity contribution is -0.116. The monoisotopic (exact) mass is 417 g/mol. The van der Waals surface area contributed by atoms with Gasteiger partial charge in [0.1, 0.15) is 0 Å². The van der Waals surface area contributed by atoms with Gasteiger partial charge in [-0.25, -0.2) is 13.2 Å². The number of sulfonamides is 1. The van der Waals surface area contributed by atoms with Gasteiger partial charge >= 0.3 is 5.69 Å². The molecule has 10 nitrogen and oxygen atoms in total. The van der Waals surface area contributed by atoms with E-state index in [-0.39, 0.29) is 10.3 Å². The molecule has 29 heavy (non-hydrogen) atoms. The molecule has 0 bridgehead atoms. The minimum Gasteiger partial charge on any atom is -0.324 e. The van der Waals surface area contributed by atoms with Gasteiger partial charge < -0.3 is 5.32 Å². The Morgan fingerprint density at radius 3 is 2.55 bits per heavy atom. The number of aryl methyl sites for hydroxylation is 1. The van der Waals surface area contributed by atoms with Crippen LogP contribution >= 0.6 is 0 Å². The third kappa shape index (κ3) is 3.82. The first-order valence-corrected chi connectivity index (χ1v) is 9.93. The zero-order valence-electron chi connectivity index (χ0n) is 16.0. The van der Waals surface area contributed by atoms with E-state index in [0.717, 1.165) is 8.87 Å². The van der Waals surface area contributed by atoms with Gasteiger partial charge in [-0.15, -0.1) is 0 Å². The molecule has 0 fully saturated rings. The van der Waals surface area contributed by atoms with Crippen LogP contribution in [0.1, 0.15) is 0 Å². The number of benzene rings is 1. The zero-order chi connectivity index (χ0) is 21.3. The molecule has 0 aliphatic carbocycles. The number of aromatic nitrogens is 3. The molecule has 0 aliphatic rings. The third-order valence-electron chi connectivity index (χ3n) is 4.46. The standard InChI is InChI=1S/C18H19N5O5S/c1-21(11-16(24)20-12-5-4-8-19-10-12)29(27,28)13-6-7-15-14(9-13)17(25)23(3)18(26)22(15)2/h4-10H,11H2,1-3H3,(H,20,24). The van der Waals surface area contributed by atoms with Gasteiger partial charge in [0.2, 0.25) is 15.9 Å². The highest BCUT2D eigenvalue weighted by molar-refractivity contribution is 7.89. The van der Waals surface area contributed by atoms with Crippen molar-refractivity contribution in [1.29, 1.82) is 0 Å². The van der Waals surface area contributed by atoms with Gasteiger partial charge in [0.25, 0.3) is 5.56 Å². The van der Waals surface area contributed by atoms with Gasteiger partial charge in [-0.2, -0.15) is 4.31 Å². The molecule has 0 unspecified atom stereocenters. The first kappa shape index (κ1) is 20.4. The summed E-state index contributed by atoms with van der Waals surface area (Å²) < 4.78 is 28.8. The van der Waals surface area contributed by atoms with Crippen LogP contribution in [0.15, 0.2) is 57.2 Å². The highest BCUT2D eigenvalue weighted by atomic mass is 32.2. The second kappa shape index (κ2) is 7.60. The molecule has 3 aromatic rings. The molecule has 3 rings (SSSR count). The van der Waals surface area contributed by atoms with Crippen molar-refractivity contribution >= 4 is 32.5 Å². The van der Waals surface area contributed by atoms with Crippen LogP contribution in [0.3, 0.4) is 0 Å². The number of amides is 1. The summed E-state index contributed by atoms with van der Waals surface area (Å²) in [6.45, 7) is -0.430. The van der Waals surface area contributed by atoms with E-state index in [9.17, 15) is 22.8 Å². The Bertz CT molecular complexity index is 1310. The van der Waals surface area contributed by atoms with Crippen molar-refractivity contribution in [3.8, 4) is 0 Å². The first-order valence-electron chi connectivity index (χ1n) is 8.49. The normalized spacial score (nSPS) is 11.7. The lowest BCUT2D eigenvalue weighted by Crippen LogP contribution is -2.37. The van der Waals surface area contributed by atoms with E-state index in [1.165, 1.54) is 50.1 Å². The number of hydrogen-bond donors (Lipinski definition) is 1. The van der Waals surface area contributed by atoms with E-state index in [2.05, 4.69) is 10.3 Å². The van der Waals surface area contributed by atoms with E-state index >= 15 is 0 Å². The Balaban J connectivity index is 1.92. The van der Waals surface area contributed by atoms with Crippen LogP contribution in [-0.2, 0) is 28.9 Å². The second-order valence-electron chi connectivity index (χ2n) is 6.44. The van der Waals surface area contributed by atoms with Gasteiger partial charge in [-0.3, -0.25) is 23.7 Å². The fourth-order valence-corrected chi connectivity index (χ4v) is 3.99. The molecular formula is C18H19N5O5S. The van der Waals surface area contributed by atoms with Gasteiger partial charge in [0, 0.05) is 27.3 Å². The van der Waals surface area contributed by atoms with E-state index in [1.54, 1.807) is 18.3 Å². The van der Waals surface area contributed by atoms with Crippen LogP contribution < -0.4 is 16.6 Å². The lowest BCUT2D eigenvalue weighted by atomic mass is 10.2. The molecule has 0 atom stereocenters. The molecule has 11 heteroatoms. The summed E-state index contributed by atoms with van der Waals surface area (Å²) in [7, 11) is 0.0289. The first-order chi connectivity index (χ1) is 13.6. The molecule has 2 heterocycles. The molecule has 1 N–H and O–H groups in total. The fraction of sp³-hybridized carbons (Fsp3) is 0.222. The number of carbonyl (C=O) groups excluding carboxylic acids is 1. The Morgan fingerprint density at radius 1 is 1.17 bits per heavy atom. The number of fused-ring (bicyclic) bond motifs is 1. The van der Waals surface area contributed by atoms with E-state index in [0.29, 0.717) is 11.2 Å². The number of nitrogens with one attached hydrogen (secondary N) is 1. The molecule has 0 saturated heterocycles. The highest BCUT2D eigenvalue weighted by Gasteiger charge is 2.24. The molecule has 2 aromatic heterocycles. The van der Waals surface area contributed by atoms with E-state index in [1.807, 2.05) is 0 Å². The summed E-state index contributed by atoms with van der Waals surface area (Å²) in [6, 6.07) is 7.17. The number of carbonyl (C=O) groups is 1. The average Bonchev–Trinajstić information content (AvgIpc) is 2.70. The summed E-state index contributed by atoms with van der Waals surface area (Å²) in [5.41, 5.74) is -0.355. The maximum atomic E-state index is 12.9. The number of pyridine rings is 1. The van der Waals surface area contributed by atoms with Crippen LogP contribution in [0.2, 0.25) is 0 Å². The van der Waals surface area contributed by atoms with Gasteiger partial charge in [-0.1, -0.05) is 0 Å². The number of hydrogen-bond acceptors (Lipinski definition) is 6. The summed E-state index contributed by atoms with van der Waals surface area (Å²) >= 11 is 0. The zero-order valence-corrected chi connectivity index (χ0v) is 16.8. The van der Waals surface area contributed by atoms with Crippen molar-refractivity contribution in [3.05, 3.63) is 63.6 Å². The van der Waals surface area contributed by atoms with Crippen LogP contribution in [-0.4, -0.2) is 46.3 Å². The predicted octanol–water partition coefficient (Wildman–Crippen LogP) is -0.109. The summed E-state index contributed by atoms with van der Waals surface area (Å²) in [5.74, 6) is -0.539. The Hall–Kier alpha value is -3.31. The van der Waals surface area contributed by atoms with Crippen molar-refractivity contribution in [1.82, 2.24) is 18.4 Å². The van der Waals surface area contributed by atoms with Crippen molar-refractivity contribution in [2.24, 2.45) is 14.1 Å². The molecule has 0 aliphatic heterocycles. The Labute approximate surface area is 166 Å². The number of likely N-dealkylation sites (N-methyl/N-ethyl adjacent to an activating group) is 1. The van der Waals surface area contributed by atoms with Crippen LogP contribution in [0, 0.1) is 0 Å². The minimum atomic E-state index is -4.05. The van der Waals surface area contributed by atoms with Gasteiger partial charge in [-0.05, 0) is 30.3 Å². The Kier molecular flexibility index (Phi) is 5.36. The quantitative estimate of drug-likeness (QED) is 0.618. The highest BCUT2D eigenvalue weighted by Crippen LogP contribution is 2.18. The van der Waals surface area contributed by atoms with Crippen LogP contribution in [0.4, 0.5) is 5.69 Å². The number of anilines is 1. The SMILES string of the molecule is CN(CC(=O)Nc1cccnc1)S(=O)(=O)c1ccc2c(c1)c(=O)n(C)c(=O)n2C. The van der Waals surface area contributed by atoms with Crippen molar-refractivity contribution < 1.29 is 13.2 Å². The molecule has 0 saturated carbocycles. The lowest BCUT2D eigenvalue weighted by Gasteiger charge is -2.17. The van der Waals surface area contributed by atoms with E-state index < -0.39 is 33.7 Å². The molecular weight excluding hydrogens is 398 g/mol. The molecule has 1 aromatic carbocycles. The molecule has 0 spiro atoms. The maximum absolute atomic E-state index is 12.9. The summed E-state index contributed by atoms with van der Waals surface area (Å²) in [4.78, 5) is 40.3. The summed E-state index contributed by atoms with van der Waals surface area (Å²) in [6.07, 6.45) is 2.99.